The molecule has 0 spiro atoms. The van der Waals surface area contributed by atoms with E-state index < -0.39 is 0 Å². The maximum atomic E-state index is 8.58. The van der Waals surface area contributed by atoms with Crippen molar-refractivity contribution in [3.8, 4) is 5.75 Å². The number of unbranched alkanes of at least 4 members (excludes halogenated alkanes) is 9. The molecule has 0 atom stereocenters. The van der Waals surface area contributed by atoms with Crippen molar-refractivity contribution >= 4 is 0 Å². The summed E-state index contributed by atoms with van der Waals surface area (Å²) >= 11 is 0. The molecular formula is C33H60O9. The summed E-state index contributed by atoms with van der Waals surface area (Å²) in [6.45, 7) is 10.2. The zero-order chi connectivity index (χ0) is 30.0. The standard InChI is InChI=1S/C33H60O9/c1-2-3-4-5-6-7-8-9-10-11-17-42-33-14-12-32(13-15-33)31-41-30-29-40-28-27-39-26-25-38-24-23-37-22-21-36-20-19-35-18-16-34/h12-15,34H,2-11,16-31H2,1H3. The van der Waals surface area contributed by atoms with Crippen molar-refractivity contribution in [3.63, 3.8) is 0 Å². The Hall–Kier alpha value is -1.30. The van der Waals surface area contributed by atoms with Gasteiger partial charge in [-0.15, -0.1) is 0 Å². The topological polar surface area (TPSA) is 94.1 Å². The van der Waals surface area contributed by atoms with Crippen molar-refractivity contribution in [3.05, 3.63) is 29.8 Å². The highest BCUT2D eigenvalue weighted by Crippen LogP contribution is 2.14. The quantitative estimate of drug-likeness (QED) is 0.102. The number of rotatable bonds is 34. The second-order valence-corrected chi connectivity index (χ2v) is 10.1. The average Bonchev–Trinajstić information content (AvgIpc) is 3.01. The molecule has 0 heterocycles. The molecule has 0 radical (unpaired) electrons. The van der Waals surface area contributed by atoms with E-state index in [4.69, 9.17) is 43.0 Å². The highest BCUT2D eigenvalue weighted by Gasteiger charge is 1.99. The van der Waals surface area contributed by atoms with Crippen LogP contribution in [0.25, 0.3) is 0 Å². The van der Waals surface area contributed by atoms with E-state index in [-0.39, 0.29) is 6.61 Å². The fourth-order valence-electron chi connectivity index (χ4n) is 4.04. The van der Waals surface area contributed by atoms with E-state index in [0.29, 0.717) is 92.5 Å². The molecule has 0 aliphatic carbocycles. The average molecular weight is 601 g/mol. The highest BCUT2D eigenvalue weighted by molar-refractivity contribution is 5.26. The number of hydrogen-bond acceptors (Lipinski definition) is 9. The molecular weight excluding hydrogens is 540 g/mol. The van der Waals surface area contributed by atoms with Crippen molar-refractivity contribution in [1.82, 2.24) is 0 Å². The van der Waals surface area contributed by atoms with E-state index in [1.54, 1.807) is 0 Å². The molecule has 1 aromatic carbocycles. The molecule has 0 fully saturated rings. The van der Waals surface area contributed by atoms with Gasteiger partial charge in [0.05, 0.1) is 106 Å². The van der Waals surface area contributed by atoms with Crippen LogP contribution in [0.15, 0.2) is 24.3 Å². The minimum Gasteiger partial charge on any atom is -0.494 e. The molecule has 0 saturated heterocycles. The molecule has 0 amide bonds. The third-order valence-electron chi connectivity index (χ3n) is 6.43. The molecule has 0 aromatic heterocycles. The van der Waals surface area contributed by atoms with E-state index >= 15 is 0 Å². The fourth-order valence-corrected chi connectivity index (χ4v) is 4.04. The van der Waals surface area contributed by atoms with Crippen molar-refractivity contribution in [2.45, 2.75) is 77.7 Å². The Labute approximate surface area is 255 Å². The summed E-state index contributed by atoms with van der Waals surface area (Å²) in [5.41, 5.74) is 1.13. The number of aliphatic hydroxyl groups is 1. The molecule has 0 aliphatic heterocycles. The molecule has 9 nitrogen and oxygen atoms in total. The van der Waals surface area contributed by atoms with Crippen LogP contribution in [0.2, 0.25) is 0 Å². The van der Waals surface area contributed by atoms with Gasteiger partial charge in [-0.1, -0.05) is 76.8 Å². The van der Waals surface area contributed by atoms with Crippen LogP contribution in [0.5, 0.6) is 5.75 Å². The van der Waals surface area contributed by atoms with Crippen LogP contribution in [0.4, 0.5) is 0 Å². The van der Waals surface area contributed by atoms with Gasteiger partial charge >= 0.3 is 0 Å². The Morgan fingerprint density at radius 2 is 0.810 bits per heavy atom. The Morgan fingerprint density at radius 3 is 1.24 bits per heavy atom. The van der Waals surface area contributed by atoms with E-state index in [9.17, 15) is 0 Å². The minimum atomic E-state index is 0.0321. The lowest BCUT2D eigenvalue weighted by molar-refractivity contribution is -0.0220. The van der Waals surface area contributed by atoms with Crippen LogP contribution in [-0.2, 0) is 39.8 Å². The molecule has 246 valence electrons. The van der Waals surface area contributed by atoms with Gasteiger partial charge in [-0.3, -0.25) is 0 Å². The summed E-state index contributed by atoms with van der Waals surface area (Å²) in [4.78, 5) is 0. The largest absolute Gasteiger partial charge is 0.494 e. The van der Waals surface area contributed by atoms with Gasteiger partial charge in [0, 0.05) is 0 Å². The summed E-state index contributed by atoms with van der Waals surface area (Å²) in [5.74, 6) is 0.927. The second kappa shape index (κ2) is 32.6. The number of ether oxygens (including phenoxy) is 8. The molecule has 0 aliphatic rings. The van der Waals surface area contributed by atoms with Crippen molar-refractivity contribution < 1.29 is 43.0 Å². The smallest absolute Gasteiger partial charge is 0.119 e. The SMILES string of the molecule is CCCCCCCCCCCCOc1ccc(COCCOCCOCCOCCOCCOCCOCCO)cc1. The molecule has 0 unspecified atom stereocenters. The van der Waals surface area contributed by atoms with Crippen molar-refractivity contribution in [2.75, 3.05) is 99.1 Å². The minimum absolute atomic E-state index is 0.0321. The van der Waals surface area contributed by atoms with Gasteiger partial charge in [-0.05, 0) is 24.1 Å². The first-order valence-corrected chi connectivity index (χ1v) is 16.2. The lowest BCUT2D eigenvalue weighted by Crippen LogP contribution is -2.14. The number of aliphatic hydroxyl groups excluding tert-OH is 1. The van der Waals surface area contributed by atoms with Gasteiger partial charge < -0.3 is 43.0 Å². The first kappa shape index (κ1) is 38.7. The van der Waals surface area contributed by atoms with E-state index in [1.807, 2.05) is 12.1 Å². The highest BCUT2D eigenvalue weighted by atomic mass is 16.6. The zero-order valence-electron chi connectivity index (χ0n) is 26.4. The molecule has 1 N–H and O–H groups in total. The first-order chi connectivity index (χ1) is 20.9. The van der Waals surface area contributed by atoms with Crippen LogP contribution < -0.4 is 4.74 Å². The van der Waals surface area contributed by atoms with E-state index in [2.05, 4.69) is 19.1 Å². The maximum absolute atomic E-state index is 8.58. The molecule has 9 heteroatoms. The van der Waals surface area contributed by atoms with Crippen LogP contribution in [0.1, 0.15) is 76.7 Å². The normalized spacial score (nSPS) is 11.4. The zero-order valence-corrected chi connectivity index (χ0v) is 26.4. The van der Waals surface area contributed by atoms with Gasteiger partial charge in [0.2, 0.25) is 0 Å². The van der Waals surface area contributed by atoms with Gasteiger partial charge in [0.1, 0.15) is 5.75 Å². The number of hydrogen-bond donors (Lipinski definition) is 1. The predicted molar refractivity (Wildman–Crippen MR) is 165 cm³/mol. The lowest BCUT2D eigenvalue weighted by Gasteiger charge is -2.09. The number of benzene rings is 1. The Kier molecular flexibility index (Phi) is 30.1. The Morgan fingerprint density at radius 1 is 0.429 bits per heavy atom. The van der Waals surface area contributed by atoms with Crippen molar-refractivity contribution in [2.24, 2.45) is 0 Å². The summed E-state index contributed by atoms with van der Waals surface area (Å²) in [6, 6.07) is 8.17. The van der Waals surface area contributed by atoms with Gasteiger partial charge in [0.25, 0.3) is 0 Å². The fraction of sp³-hybridized carbons (Fsp3) is 0.818. The molecule has 1 aromatic rings. The van der Waals surface area contributed by atoms with Gasteiger partial charge in [-0.2, -0.15) is 0 Å². The third kappa shape index (κ3) is 27.5. The molecule has 0 saturated carbocycles. The summed E-state index contributed by atoms with van der Waals surface area (Å²) in [7, 11) is 0. The summed E-state index contributed by atoms with van der Waals surface area (Å²) in [6.07, 6.45) is 13.3. The van der Waals surface area contributed by atoms with Crippen LogP contribution in [-0.4, -0.2) is 104 Å². The lowest BCUT2D eigenvalue weighted by atomic mass is 10.1. The third-order valence-corrected chi connectivity index (χ3v) is 6.43. The predicted octanol–water partition coefficient (Wildman–Crippen LogP) is 5.59. The molecule has 1 rings (SSSR count). The monoisotopic (exact) mass is 600 g/mol. The summed E-state index contributed by atoms with van der Waals surface area (Å²) in [5, 5.41) is 8.58. The summed E-state index contributed by atoms with van der Waals surface area (Å²) < 4.78 is 44.0. The Balaban J connectivity index is 1.78. The molecule has 0 bridgehead atoms. The van der Waals surface area contributed by atoms with Gasteiger partial charge in [0.15, 0.2) is 0 Å². The van der Waals surface area contributed by atoms with Gasteiger partial charge in [-0.25, -0.2) is 0 Å². The first-order valence-electron chi connectivity index (χ1n) is 16.2. The van der Waals surface area contributed by atoms with Crippen LogP contribution in [0, 0.1) is 0 Å². The van der Waals surface area contributed by atoms with Crippen LogP contribution >= 0.6 is 0 Å². The van der Waals surface area contributed by atoms with Crippen LogP contribution in [0.3, 0.4) is 0 Å². The maximum Gasteiger partial charge on any atom is 0.119 e. The molecule has 42 heavy (non-hydrogen) atoms. The second-order valence-electron chi connectivity index (χ2n) is 10.1. The Bertz CT molecular complexity index is 645. The van der Waals surface area contributed by atoms with E-state index in [0.717, 1.165) is 24.3 Å². The van der Waals surface area contributed by atoms with Crippen molar-refractivity contribution in [1.29, 1.82) is 0 Å². The van der Waals surface area contributed by atoms with E-state index in [1.165, 1.54) is 57.8 Å².